The lowest BCUT2D eigenvalue weighted by molar-refractivity contribution is 0.301. The minimum absolute atomic E-state index is 0.267. The summed E-state index contributed by atoms with van der Waals surface area (Å²) < 4.78 is 19.2. The minimum atomic E-state index is -0.404. The fourth-order valence-electron chi connectivity index (χ4n) is 2.19. The molecule has 0 radical (unpaired) electrons. The highest BCUT2D eigenvalue weighted by Crippen LogP contribution is 2.29. The molecule has 1 rings (SSSR count). The summed E-state index contributed by atoms with van der Waals surface area (Å²) in [6.07, 6.45) is 4.31. The van der Waals surface area contributed by atoms with Gasteiger partial charge in [-0.05, 0) is 25.7 Å². The van der Waals surface area contributed by atoms with Crippen molar-refractivity contribution in [2.24, 2.45) is 5.92 Å². The van der Waals surface area contributed by atoms with E-state index in [9.17, 15) is 4.39 Å². The number of nitrogens with one attached hydrogen (secondary N) is 1. The summed E-state index contributed by atoms with van der Waals surface area (Å²) in [4.78, 5) is 0. The van der Waals surface area contributed by atoms with Crippen LogP contribution in [0.2, 0.25) is 0 Å². The lowest BCUT2D eigenvalue weighted by Gasteiger charge is -2.18. The number of nitrogens with two attached hydrogens (primary N) is 1. The van der Waals surface area contributed by atoms with Gasteiger partial charge in [-0.1, -0.05) is 33.6 Å². The fourth-order valence-corrected chi connectivity index (χ4v) is 2.19. The topological polar surface area (TPSA) is 47.3 Å². The molecule has 1 aromatic rings. The van der Waals surface area contributed by atoms with Gasteiger partial charge in [-0.15, -0.1) is 0 Å². The zero-order valence-corrected chi connectivity index (χ0v) is 13.7. The van der Waals surface area contributed by atoms with Gasteiger partial charge in [-0.2, -0.15) is 0 Å². The average Bonchev–Trinajstić information content (AvgIpc) is 2.40. The molecule has 4 heteroatoms. The van der Waals surface area contributed by atoms with Crippen molar-refractivity contribution in [1.29, 1.82) is 0 Å². The highest BCUT2D eigenvalue weighted by molar-refractivity contribution is 5.68. The Bertz CT molecular complexity index is 435. The zero-order chi connectivity index (χ0) is 15.8. The number of hydrogen-bond donors (Lipinski definition) is 2. The number of benzene rings is 1. The Balaban J connectivity index is 2.64. The maximum atomic E-state index is 13.7. The Labute approximate surface area is 128 Å². The first-order chi connectivity index (χ1) is 9.93. The summed E-state index contributed by atoms with van der Waals surface area (Å²) in [7, 11) is 0. The first-order valence-corrected chi connectivity index (χ1v) is 7.92. The van der Waals surface area contributed by atoms with Gasteiger partial charge in [-0.25, -0.2) is 4.39 Å². The molecule has 21 heavy (non-hydrogen) atoms. The van der Waals surface area contributed by atoms with Gasteiger partial charge in [0.25, 0.3) is 0 Å². The molecule has 120 valence electrons. The molecule has 0 bridgehead atoms. The van der Waals surface area contributed by atoms with Crippen LogP contribution >= 0.6 is 0 Å². The molecular formula is C17H29FN2O. The summed E-state index contributed by atoms with van der Waals surface area (Å²) in [5, 5.41) is 3.36. The quantitative estimate of drug-likeness (QED) is 0.642. The number of rotatable bonds is 9. The maximum absolute atomic E-state index is 13.7. The highest BCUT2D eigenvalue weighted by atomic mass is 19.1. The van der Waals surface area contributed by atoms with E-state index < -0.39 is 5.82 Å². The molecular weight excluding hydrogens is 267 g/mol. The number of nitrogen functional groups attached to an aromatic ring is 1. The summed E-state index contributed by atoms with van der Waals surface area (Å²) in [6.45, 7) is 9.08. The first kappa shape index (κ1) is 17.6. The smallest absolute Gasteiger partial charge is 0.167 e. The van der Waals surface area contributed by atoms with E-state index in [0.29, 0.717) is 18.3 Å². The van der Waals surface area contributed by atoms with Gasteiger partial charge in [0.2, 0.25) is 0 Å². The Morgan fingerprint density at radius 1 is 1.24 bits per heavy atom. The van der Waals surface area contributed by atoms with Crippen LogP contribution in [0, 0.1) is 11.7 Å². The zero-order valence-electron chi connectivity index (χ0n) is 13.7. The van der Waals surface area contributed by atoms with Crippen molar-refractivity contribution in [3.05, 3.63) is 17.9 Å². The summed E-state index contributed by atoms with van der Waals surface area (Å²) in [5.74, 6) is 0.587. The van der Waals surface area contributed by atoms with Gasteiger partial charge in [0, 0.05) is 18.2 Å². The molecule has 0 saturated carbocycles. The predicted octanol–water partition coefficient (Wildman–Crippen LogP) is 4.82. The maximum Gasteiger partial charge on any atom is 0.167 e. The third-order valence-corrected chi connectivity index (χ3v) is 3.39. The molecule has 3 nitrogen and oxygen atoms in total. The Hall–Kier alpha value is -1.45. The van der Waals surface area contributed by atoms with E-state index in [4.69, 9.17) is 10.5 Å². The lowest BCUT2D eigenvalue weighted by Crippen LogP contribution is -2.16. The first-order valence-electron chi connectivity index (χ1n) is 7.92. The molecule has 0 aliphatic rings. The molecule has 0 saturated heterocycles. The largest absolute Gasteiger partial charge is 0.490 e. The van der Waals surface area contributed by atoms with Crippen molar-refractivity contribution >= 4 is 11.4 Å². The molecule has 1 atom stereocenters. The van der Waals surface area contributed by atoms with Crippen LogP contribution in [0.25, 0.3) is 0 Å². The van der Waals surface area contributed by atoms with E-state index in [2.05, 4.69) is 26.1 Å². The van der Waals surface area contributed by atoms with E-state index in [1.54, 1.807) is 6.07 Å². The number of halogens is 1. The van der Waals surface area contributed by atoms with Crippen molar-refractivity contribution < 1.29 is 9.13 Å². The molecule has 3 N–H and O–H groups in total. The van der Waals surface area contributed by atoms with E-state index in [1.165, 1.54) is 18.9 Å². The molecule has 1 aromatic carbocycles. The van der Waals surface area contributed by atoms with Gasteiger partial charge in [-0.3, -0.25) is 0 Å². The highest BCUT2D eigenvalue weighted by Gasteiger charge is 2.11. The second-order valence-electron chi connectivity index (χ2n) is 6.09. The molecule has 0 heterocycles. The molecule has 0 aromatic heterocycles. The standard InChI is InChI=1S/C17H29FN2O/c1-5-9-21-17-11-16(15(19)10-14(17)18)20-13(4)8-6-7-12(2)3/h10-13,20H,5-9,19H2,1-4H3. The fraction of sp³-hybridized carbons (Fsp3) is 0.647. The number of ether oxygens (including phenoxy) is 1. The second-order valence-corrected chi connectivity index (χ2v) is 6.09. The molecule has 0 aliphatic heterocycles. The summed E-state index contributed by atoms with van der Waals surface area (Å²) >= 11 is 0. The third kappa shape index (κ3) is 6.23. The van der Waals surface area contributed by atoms with Gasteiger partial charge in [0.15, 0.2) is 11.6 Å². The molecule has 0 amide bonds. The molecule has 0 spiro atoms. The van der Waals surface area contributed by atoms with Crippen molar-refractivity contribution in [3.8, 4) is 5.75 Å². The van der Waals surface area contributed by atoms with E-state index in [0.717, 1.165) is 24.4 Å². The third-order valence-electron chi connectivity index (χ3n) is 3.39. The van der Waals surface area contributed by atoms with E-state index in [-0.39, 0.29) is 5.75 Å². The summed E-state index contributed by atoms with van der Waals surface area (Å²) in [6, 6.07) is 3.29. The molecule has 0 fully saturated rings. The minimum Gasteiger partial charge on any atom is -0.490 e. The van der Waals surface area contributed by atoms with E-state index >= 15 is 0 Å². The second kappa shape index (κ2) is 8.75. The Morgan fingerprint density at radius 2 is 1.95 bits per heavy atom. The van der Waals surface area contributed by atoms with Crippen LogP contribution in [0.1, 0.15) is 53.4 Å². The summed E-state index contributed by atoms with van der Waals surface area (Å²) in [5.41, 5.74) is 7.06. The average molecular weight is 296 g/mol. The van der Waals surface area contributed by atoms with Crippen LogP contribution in [0.5, 0.6) is 5.75 Å². The monoisotopic (exact) mass is 296 g/mol. The molecule has 1 unspecified atom stereocenters. The normalized spacial score (nSPS) is 12.5. The predicted molar refractivity (Wildman–Crippen MR) is 88.4 cm³/mol. The SMILES string of the molecule is CCCOc1cc(NC(C)CCCC(C)C)c(N)cc1F. The van der Waals surface area contributed by atoms with Crippen LogP contribution < -0.4 is 15.8 Å². The number of anilines is 2. The van der Waals surface area contributed by atoms with Gasteiger partial charge in [0.05, 0.1) is 18.0 Å². The van der Waals surface area contributed by atoms with Crippen molar-refractivity contribution in [2.45, 2.75) is 59.4 Å². The number of hydrogen-bond acceptors (Lipinski definition) is 3. The van der Waals surface area contributed by atoms with Crippen molar-refractivity contribution in [2.75, 3.05) is 17.7 Å². The van der Waals surface area contributed by atoms with Crippen LogP contribution in [0.15, 0.2) is 12.1 Å². The molecule has 0 aliphatic carbocycles. The lowest BCUT2D eigenvalue weighted by atomic mass is 10.0. The van der Waals surface area contributed by atoms with Crippen LogP contribution in [0.4, 0.5) is 15.8 Å². The van der Waals surface area contributed by atoms with Crippen LogP contribution in [0.3, 0.4) is 0 Å². The van der Waals surface area contributed by atoms with Gasteiger partial charge < -0.3 is 15.8 Å². The van der Waals surface area contributed by atoms with Crippen LogP contribution in [-0.2, 0) is 0 Å². The van der Waals surface area contributed by atoms with Gasteiger partial charge in [0.1, 0.15) is 0 Å². The Kier molecular flexibility index (Phi) is 7.34. The van der Waals surface area contributed by atoms with E-state index in [1.807, 2.05) is 6.92 Å². The Morgan fingerprint density at radius 3 is 2.57 bits per heavy atom. The van der Waals surface area contributed by atoms with Crippen LogP contribution in [-0.4, -0.2) is 12.6 Å². The van der Waals surface area contributed by atoms with Gasteiger partial charge >= 0.3 is 0 Å². The van der Waals surface area contributed by atoms with Crippen molar-refractivity contribution in [1.82, 2.24) is 0 Å². The van der Waals surface area contributed by atoms with Crippen molar-refractivity contribution in [3.63, 3.8) is 0 Å².